The number of nitrogens with one attached hydrogen (secondary N) is 1. The quantitative estimate of drug-likeness (QED) is 0.910. The van der Waals surface area contributed by atoms with Gasteiger partial charge in [0.1, 0.15) is 0 Å². The lowest BCUT2D eigenvalue weighted by atomic mass is 10.1. The predicted molar refractivity (Wildman–Crippen MR) is 72.9 cm³/mol. The molecule has 94 valence electrons. The lowest BCUT2D eigenvalue weighted by Crippen LogP contribution is -2.39. The van der Waals surface area contributed by atoms with E-state index in [2.05, 4.69) is 5.32 Å². The topological polar surface area (TPSA) is 29.1 Å². The molecule has 0 saturated heterocycles. The molecule has 1 N–H and O–H groups in total. The summed E-state index contributed by atoms with van der Waals surface area (Å²) in [5.41, 5.74) is 0.716. The van der Waals surface area contributed by atoms with E-state index < -0.39 is 0 Å². The number of ketones is 1. The maximum absolute atomic E-state index is 11.8. The second-order valence-corrected chi connectivity index (χ2v) is 5.82. The Balaban J connectivity index is 2.60. The first-order valence-electron chi connectivity index (χ1n) is 5.49. The zero-order chi connectivity index (χ0) is 13.1. The van der Waals surface area contributed by atoms with Crippen LogP contribution in [0.2, 0.25) is 10.0 Å². The molecule has 1 aromatic carbocycles. The normalized spacial score (nSPS) is 11.6. The molecular formula is C13H17Cl2NO. The van der Waals surface area contributed by atoms with Crippen LogP contribution in [-0.4, -0.2) is 17.9 Å². The lowest BCUT2D eigenvalue weighted by molar-refractivity contribution is -0.117. The Morgan fingerprint density at radius 2 is 1.94 bits per heavy atom. The molecule has 0 radical (unpaired) electrons. The minimum atomic E-state index is -0.0617. The van der Waals surface area contributed by atoms with Crippen LogP contribution in [0.3, 0.4) is 0 Å². The van der Waals surface area contributed by atoms with Gasteiger partial charge in [-0.3, -0.25) is 4.79 Å². The minimum absolute atomic E-state index is 0.0617. The Morgan fingerprint density at radius 1 is 1.29 bits per heavy atom. The molecule has 0 amide bonds. The Kier molecular flexibility index (Phi) is 4.99. The average molecular weight is 274 g/mol. The summed E-state index contributed by atoms with van der Waals surface area (Å²) in [6.45, 7) is 6.40. The number of benzene rings is 1. The van der Waals surface area contributed by atoms with Gasteiger partial charge in [0.25, 0.3) is 0 Å². The Bertz CT molecular complexity index is 410. The number of hydrogen-bond acceptors (Lipinski definition) is 2. The molecule has 0 fully saturated rings. The van der Waals surface area contributed by atoms with E-state index in [4.69, 9.17) is 23.2 Å². The summed E-state index contributed by atoms with van der Waals surface area (Å²) in [7, 11) is 0. The van der Waals surface area contributed by atoms with Gasteiger partial charge in [0.2, 0.25) is 0 Å². The summed E-state index contributed by atoms with van der Waals surface area (Å²) in [5, 5.41) is 4.11. The van der Waals surface area contributed by atoms with Gasteiger partial charge in [-0.05, 0) is 32.4 Å². The highest BCUT2D eigenvalue weighted by atomic mass is 35.5. The molecule has 0 spiro atoms. The minimum Gasteiger partial charge on any atom is -0.305 e. The fourth-order valence-corrected chi connectivity index (χ4v) is 1.71. The van der Waals surface area contributed by atoms with Gasteiger partial charge in [-0.2, -0.15) is 0 Å². The number of carbonyl (C=O) groups excluding carboxylic acids is 1. The third-order valence-electron chi connectivity index (χ3n) is 2.24. The van der Waals surface area contributed by atoms with Crippen LogP contribution >= 0.6 is 23.2 Å². The first-order valence-corrected chi connectivity index (χ1v) is 6.25. The molecule has 0 heterocycles. The van der Waals surface area contributed by atoms with Gasteiger partial charge < -0.3 is 5.32 Å². The van der Waals surface area contributed by atoms with Crippen molar-refractivity contribution in [3.63, 3.8) is 0 Å². The van der Waals surface area contributed by atoms with Crippen LogP contribution in [-0.2, 0) is 11.2 Å². The van der Waals surface area contributed by atoms with E-state index in [9.17, 15) is 4.79 Å². The fourth-order valence-electron chi connectivity index (χ4n) is 1.32. The summed E-state index contributed by atoms with van der Waals surface area (Å²) in [6.07, 6.45) is 0.308. The number of Topliss-reactive ketones (excluding diaryl/α,β-unsaturated/α-hetero) is 1. The number of hydrogen-bond donors (Lipinski definition) is 1. The van der Waals surface area contributed by atoms with E-state index in [0.29, 0.717) is 23.0 Å². The molecule has 2 nitrogen and oxygen atoms in total. The second-order valence-electron chi connectivity index (χ2n) is 5.03. The van der Waals surface area contributed by atoms with Crippen molar-refractivity contribution >= 4 is 29.0 Å². The van der Waals surface area contributed by atoms with Gasteiger partial charge in [0.15, 0.2) is 5.78 Å². The van der Waals surface area contributed by atoms with Crippen LogP contribution in [0.25, 0.3) is 0 Å². The molecule has 0 bridgehead atoms. The standard InChI is InChI=1S/C13H17Cl2NO/c1-13(2,3)16-8-10(17)7-9-5-4-6-11(14)12(9)15/h4-6,16H,7-8H2,1-3H3. The van der Waals surface area contributed by atoms with Gasteiger partial charge >= 0.3 is 0 Å². The molecule has 0 aromatic heterocycles. The first kappa shape index (κ1) is 14.5. The monoisotopic (exact) mass is 273 g/mol. The Morgan fingerprint density at radius 3 is 2.53 bits per heavy atom. The van der Waals surface area contributed by atoms with Gasteiger partial charge in [-0.15, -0.1) is 0 Å². The van der Waals surface area contributed by atoms with E-state index in [0.717, 1.165) is 5.56 Å². The van der Waals surface area contributed by atoms with Gasteiger partial charge in [0.05, 0.1) is 16.6 Å². The summed E-state index contributed by atoms with van der Waals surface area (Å²) >= 11 is 11.9. The van der Waals surface area contributed by atoms with Gasteiger partial charge in [0, 0.05) is 12.0 Å². The van der Waals surface area contributed by atoms with Crippen molar-refractivity contribution in [3.8, 4) is 0 Å². The SMILES string of the molecule is CC(C)(C)NCC(=O)Cc1cccc(Cl)c1Cl. The molecule has 4 heteroatoms. The van der Waals surface area contributed by atoms with E-state index in [1.165, 1.54) is 0 Å². The third kappa shape index (κ3) is 5.07. The van der Waals surface area contributed by atoms with Crippen LogP contribution < -0.4 is 5.32 Å². The molecule has 0 aliphatic rings. The van der Waals surface area contributed by atoms with Crippen LogP contribution in [0.4, 0.5) is 0 Å². The highest BCUT2D eigenvalue weighted by molar-refractivity contribution is 6.42. The van der Waals surface area contributed by atoms with E-state index in [-0.39, 0.29) is 11.3 Å². The maximum atomic E-state index is 11.8. The highest BCUT2D eigenvalue weighted by Gasteiger charge is 2.13. The van der Waals surface area contributed by atoms with Crippen LogP contribution in [0.5, 0.6) is 0 Å². The van der Waals surface area contributed by atoms with Crippen molar-refractivity contribution in [1.82, 2.24) is 5.32 Å². The summed E-state index contributed by atoms with van der Waals surface area (Å²) in [6, 6.07) is 5.34. The van der Waals surface area contributed by atoms with E-state index in [1.54, 1.807) is 12.1 Å². The second kappa shape index (κ2) is 5.85. The van der Waals surface area contributed by atoms with E-state index >= 15 is 0 Å². The zero-order valence-corrected chi connectivity index (χ0v) is 11.8. The summed E-state index contributed by atoms with van der Waals surface area (Å²) < 4.78 is 0. The van der Waals surface area contributed by atoms with Crippen molar-refractivity contribution in [3.05, 3.63) is 33.8 Å². The third-order valence-corrected chi connectivity index (χ3v) is 3.09. The molecule has 0 aliphatic carbocycles. The van der Waals surface area contributed by atoms with Gasteiger partial charge in [-0.1, -0.05) is 35.3 Å². The Labute approximate surface area is 112 Å². The average Bonchev–Trinajstić information content (AvgIpc) is 2.21. The molecule has 0 unspecified atom stereocenters. The maximum Gasteiger partial charge on any atom is 0.151 e. The van der Waals surface area contributed by atoms with Crippen LogP contribution in [0.15, 0.2) is 18.2 Å². The van der Waals surface area contributed by atoms with Crippen molar-refractivity contribution in [1.29, 1.82) is 0 Å². The smallest absolute Gasteiger partial charge is 0.151 e. The number of rotatable bonds is 4. The van der Waals surface area contributed by atoms with Crippen molar-refractivity contribution in [2.75, 3.05) is 6.54 Å². The molecular weight excluding hydrogens is 257 g/mol. The highest BCUT2D eigenvalue weighted by Crippen LogP contribution is 2.25. The summed E-state index contributed by atoms with van der Waals surface area (Å²) in [4.78, 5) is 11.8. The van der Waals surface area contributed by atoms with E-state index in [1.807, 2.05) is 26.8 Å². The summed E-state index contributed by atoms with van der Waals surface area (Å²) in [5.74, 6) is 0.101. The molecule has 0 atom stereocenters. The largest absolute Gasteiger partial charge is 0.305 e. The molecule has 1 aromatic rings. The fraction of sp³-hybridized carbons (Fsp3) is 0.462. The van der Waals surface area contributed by atoms with Crippen LogP contribution in [0.1, 0.15) is 26.3 Å². The molecule has 0 aliphatic heterocycles. The predicted octanol–water partition coefficient (Wildman–Crippen LogP) is 3.49. The first-order chi connectivity index (χ1) is 7.79. The molecule has 0 saturated carbocycles. The molecule has 1 rings (SSSR count). The van der Waals surface area contributed by atoms with Crippen LogP contribution in [0, 0.1) is 0 Å². The Hall–Kier alpha value is -0.570. The van der Waals surface area contributed by atoms with Crippen molar-refractivity contribution < 1.29 is 4.79 Å². The van der Waals surface area contributed by atoms with Gasteiger partial charge in [-0.25, -0.2) is 0 Å². The van der Waals surface area contributed by atoms with Crippen molar-refractivity contribution in [2.45, 2.75) is 32.7 Å². The number of carbonyl (C=O) groups is 1. The lowest BCUT2D eigenvalue weighted by Gasteiger charge is -2.19. The molecule has 17 heavy (non-hydrogen) atoms. The zero-order valence-electron chi connectivity index (χ0n) is 10.3. The number of halogens is 2. The van der Waals surface area contributed by atoms with Crippen molar-refractivity contribution in [2.24, 2.45) is 0 Å².